The molecule has 0 unspecified atom stereocenters. The van der Waals surface area contributed by atoms with Gasteiger partial charge in [0.15, 0.2) is 0 Å². The summed E-state index contributed by atoms with van der Waals surface area (Å²) in [7, 11) is 0. The Hall–Kier alpha value is -0.510. The molecule has 0 bridgehead atoms. The molecule has 0 saturated carbocycles. The summed E-state index contributed by atoms with van der Waals surface area (Å²) in [4.78, 5) is 3.96. The zero-order chi connectivity index (χ0) is 12.6. The average Bonchev–Trinajstić information content (AvgIpc) is 2.41. The molecule has 3 heteroatoms. The predicted octanol–water partition coefficient (Wildman–Crippen LogP) is 3.11. The maximum atomic E-state index is 5.53. The molecule has 1 heterocycles. The predicted molar refractivity (Wildman–Crippen MR) is 80.0 cm³/mol. The van der Waals surface area contributed by atoms with Crippen molar-refractivity contribution in [2.24, 2.45) is 5.73 Å². The van der Waals surface area contributed by atoms with Crippen LogP contribution < -0.4 is 5.73 Å². The van der Waals surface area contributed by atoms with E-state index in [1.165, 1.54) is 42.8 Å². The molecule has 2 N–H and O–H groups in total. The first kappa shape index (κ1) is 13.9. The normalized spacial score (nSPS) is 16.9. The van der Waals surface area contributed by atoms with Gasteiger partial charge in [0.05, 0.1) is 0 Å². The second-order valence-electron chi connectivity index (χ2n) is 4.97. The maximum absolute atomic E-state index is 5.53. The van der Waals surface area contributed by atoms with Crippen LogP contribution in [0.2, 0.25) is 0 Å². The quantitative estimate of drug-likeness (QED) is 0.632. The van der Waals surface area contributed by atoms with E-state index in [0.717, 1.165) is 25.3 Å². The van der Waals surface area contributed by atoms with Crippen molar-refractivity contribution in [3.05, 3.63) is 29.8 Å². The minimum atomic E-state index is 0.792. The van der Waals surface area contributed by atoms with Crippen molar-refractivity contribution in [2.45, 2.75) is 37.1 Å². The Labute approximate surface area is 115 Å². The Balaban J connectivity index is 1.85. The largest absolute Gasteiger partial charge is 0.330 e. The summed E-state index contributed by atoms with van der Waals surface area (Å²) in [6.07, 6.45) is 5.24. The molecule has 1 aromatic carbocycles. The third kappa shape index (κ3) is 4.63. The fourth-order valence-corrected chi connectivity index (χ4v) is 3.34. The van der Waals surface area contributed by atoms with Crippen LogP contribution in [0.5, 0.6) is 0 Å². The van der Waals surface area contributed by atoms with Crippen molar-refractivity contribution in [3.63, 3.8) is 0 Å². The highest BCUT2D eigenvalue weighted by Gasteiger charge is 2.10. The molecule has 1 aromatic rings. The molecule has 1 aliphatic rings. The van der Waals surface area contributed by atoms with E-state index in [4.69, 9.17) is 5.73 Å². The monoisotopic (exact) mass is 264 g/mol. The van der Waals surface area contributed by atoms with Crippen molar-refractivity contribution < 1.29 is 0 Å². The lowest BCUT2D eigenvalue weighted by molar-refractivity contribution is 0.221. The molecule has 0 aliphatic carbocycles. The van der Waals surface area contributed by atoms with Gasteiger partial charge in [-0.1, -0.05) is 18.6 Å². The third-order valence-corrected chi connectivity index (χ3v) is 4.45. The first-order valence-corrected chi connectivity index (χ1v) is 8.01. The van der Waals surface area contributed by atoms with Crippen molar-refractivity contribution in [3.8, 4) is 0 Å². The summed E-state index contributed by atoms with van der Waals surface area (Å²) in [6, 6.07) is 8.99. The van der Waals surface area contributed by atoms with Gasteiger partial charge < -0.3 is 5.73 Å². The number of rotatable bonds is 6. The summed E-state index contributed by atoms with van der Waals surface area (Å²) in [5.41, 5.74) is 6.98. The highest BCUT2D eigenvalue weighted by atomic mass is 32.2. The lowest BCUT2D eigenvalue weighted by atomic mass is 10.1. The van der Waals surface area contributed by atoms with Gasteiger partial charge in [-0.15, -0.1) is 11.8 Å². The summed E-state index contributed by atoms with van der Waals surface area (Å²) < 4.78 is 0. The van der Waals surface area contributed by atoms with E-state index in [9.17, 15) is 0 Å². The van der Waals surface area contributed by atoms with Crippen LogP contribution in [0.1, 0.15) is 31.2 Å². The molecule has 0 aromatic heterocycles. The molecule has 100 valence electrons. The second kappa shape index (κ2) is 7.82. The number of thioether (sulfide) groups is 1. The van der Waals surface area contributed by atoms with E-state index in [1.54, 1.807) is 0 Å². The van der Waals surface area contributed by atoms with Gasteiger partial charge in [-0.25, -0.2) is 0 Å². The van der Waals surface area contributed by atoms with Crippen molar-refractivity contribution in [2.75, 3.05) is 25.4 Å². The number of nitrogens with zero attached hydrogens (tertiary/aromatic N) is 1. The van der Waals surface area contributed by atoms with Gasteiger partial charge in [0.2, 0.25) is 0 Å². The van der Waals surface area contributed by atoms with Gasteiger partial charge in [0.1, 0.15) is 0 Å². The summed E-state index contributed by atoms with van der Waals surface area (Å²) >= 11 is 1.92. The van der Waals surface area contributed by atoms with Crippen molar-refractivity contribution >= 4 is 11.8 Å². The fraction of sp³-hybridized carbons (Fsp3) is 0.600. The number of benzene rings is 1. The number of hydrogen-bond donors (Lipinski definition) is 1. The van der Waals surface area contributed by atoms with Crippen LogP contribution >= 0.6 is 11.8 Å². The van der Waals surface area contributed by atoms with E-state index in [2.05, 4.69) is 29.2 Å². The maximum Gasteiger partial charge on any atom is 0.0234 e. The van der Waals surface area contributed by atoms with Crippen LogP contribution in [-0.4, -0.2) is 30.3 Å². The summed E-state index contributed by atoms with van der Waals surface area (Å²) in [6.45, 7) is 4.45. The molecule has 0 spiro atoms. The van der Waals surface area contributed by atoms with Crippen LogP contribution in [0.3, 0.4) is 0 Å². The molecule has 18 heavy (non-hydrogen) atoms. The van der Waals surface area contributed by atoms with Crippen molar-refractivity contribution in [1.82, 2.24) is 4.90 Å². The van der Waals surface area contributed by atoms with E-state index >= 15 is 0 Å². The van der Waals surface area contributed by atoms with E-state index in [1.807, 2.05) is 11.8 Å². The molecule has 2 rings (SSSR count). The van der Waals surface area contributed by atoms with Gasteiger partial charge in [-0.05, 0) is 62.3 Å². The number of piperidine rings is 1. The van der Waals surface area contributed by atoms with Crippen molar-refractivity contribution in [1.29, 1.82) is 0 Å². The average molecular weight is 264 g/mol. The minimum Gasteiger partial charge on any atom is -0.330 e. The van der Waals surface area contributed by atoms with Crippen LogP contribution in [0.25, 0.3) is 0 Å². The van der Waals surface area contributed by atoms with E-state index in [0.29, 0.717) is 0 Å². The van der Waals surface area contributed by atoms with E-state index in [-0.39, 0.29) is 0 Å². The van der Waals surface area contributed by atoms with Gasteiger partial charge >= 0.3 is 0 Å². The fourth-order valence-electron chi connectivity index (χ4n) is 2.38. The smallest absolute Gasteiger partial charge is 0.0234 e. The first-order valence-electron chi connectivity index (χ1n) is 7.02. The van der Waals surface area contributed by atoms with E-state index < -0.39 is 0 Å². The highest BCUT2D eigenvalue weighted by Crippen LogP contribution is 2.21. The minimum absolute atomic E-state index is 0.792. The Morgan fingerprint density at radius 3 is 2.78 bits per heavy atom. The molecule has 2 nitrogen and oxygen atoms in total. The molecular weight excluding hydrogens is 240 g/mol. The Kier molecular flexibility index (Phi) is 6.05. The second-order valence-corrected chi connectivity index (χ2v) is 6.14. The molecule has 0 radical (unpaired) electrons. The van der Waals surface area contributed by atoms with Gasteiger partial charge in [0, 0.05) is 11.4 Å². The topological polar surface area (TPSA) is 29.3 Å². The standard InChI is InChI=1S/C15H24N2S/c16-8-5-11-18-15-7-4-6-14(12-15)13-17-9-2-1-3-10-17/h4,6-7,12H,1-3,5,8-11,13,16H2. The van der Waals surface area contributed by atoms with Gasteiger partial charge in [0.25, 0.3) is 0 Å². The molecule has 0 atom stereocenters. The molecule has 1 aliphatic heterocycles. The Morgan fingerprint density at radius 1 is 1.17 bits per heavy atom. The van der Waals surface area contributed by atoms with Gasteiger partial charge in [-0.2, -0.15) is 0 Å². The Morgan fingerprint density at radius 2 is 2.00 bits per heavy atom. The number of nitrogens with two attached hydrogens (primary N) is 1. The molecular formula is C15H24N2S. The Bertz CT molecular complexity index is 348. The van der Waals surface area contributed by atoms with Crippen LogP contribution in [0, 0.1) is 0 Å². The van der Waals surface area contributed by atoms with Crippen LogP contribution in [-0.2, 0) is 6.54 Å². The summed E-state index contributed by atoms with van der Waals surface area (Å²) in [5, 5.41) is 0. The molecule has 1 fully saturated rings. The zero-order valence-corrected chi connectivity index (χ0v) is 11.9. The zero-order valence-electron chi connectivity index (χ0n) is 11.1. The lowest BCUT2D eigenvalue weighted by Gasteiger charge is -2.26. The highest BCUT2D eigenvalue weighted by molar-refractivity contribution is 7.99. The number of hydrogen-bond acceptors (Lipinski definition) is 3. The molecule has 1 saturated heterocycles. The lowest BCUT2D eigenvalue weighted by Crippen LogP contribution is -2.29. The first-order chi connectivity index (χ1) is 8.88. The molecule has 0 amide bonds. The van der Waals surface area contributed by atoms with Crippen LogP contribution in [0.15, 0.2) is 29.2 Å². The summed E-state index contributed by atoms with van der Waals surface area (Å²) in [5.74, 6) is 1.13. The third-order valence-electron chi connectivity index (χ3n) is 3.37. The SMILES string of the molecule is NCCCSc1cccc(CN2CCCCC2)c1. The van der Waals surface area contributed by atoms with Gasteiger partial charge in [-0.3, -0.25) is 4.90 Å². The number of likely N-dealkylation sites (tertiary alicyclic amines) is 1. The van der Waals surface area contributed by atoms with Crippen LogP contribution in [0.4, 0.5) is 0 Å².